The first-order valence-corrected chi connectivity index (χ1v) is 11.6. The molecule has 37 heavy (non-hydrogen) atoms. The van der Waals surface area contributed by atoms with Gasteiger partial charge in [0.05, 0.1) is 18.7 Å². The zero-order chi connectivity index (χ0) is 28.0. The number of esters is 2. The predicted octanol–water partition coefficient (Wildman–Crippen LogP) is -0.226. The molecule has 0 aromatic heterocycles. The number of carbonyl (C=O) groups excluding carboxylic acids is 4. The van der Waals surface area contributed by atoms with Crippen LogP contribution in [0.3, 0.4) is 0 Å². The number of nitrogens with zero attached hydrogens (tertiary/aromatic N) is 1. The Morgan fingerprint density at radius 1 is 1.08 bits per heavy atom. The van der Waals surface area contributed by atoms with Gasteiger partial charge in [-0.1, -0.05) is 39.3 Å². The van der Waals surface area contributed by atoms with Crippen LogP contribution >= 0.6 is 0 Å². The number of guanidine groups is 1. The van der Waals surface area contributed by atoms with Crippen LogP contribution < -0.4 is 27.4 Å². The Morgan fingerprint density at radius 3 is 2.27 bits per heavy atom. The molecule has 0 spiro atoms. The maximum absolute atomic E-state index is 12.8. The highest BCUT2D eigenvalue weighted by Crippen LogP contribution is 2.14. The Kier molecular flexibility index (Phi) is 13.0. The van der Waals surface area contributed by atoms with Crippen molar-refractivity contribution >= 4 is 47.4 Å². The number of rotatable bonds is 14. The van der Waals surface area contributed by atoms with E-state index >= 15 is 0 Å². The average molecular weight is 519 g/mol. The van der Waals surface area contributed by atoms with Crippen LogP contribution in [0.4, 0.5) is 5.69 Å². The van der Waals surface area contributed by atoms with Gasteiger partial charge in [-0.05, 0) is 36.2 Å². The van der Waals surface area contributed by atoms with Crippen LogP contribution in [0.25, 0.3) is 6.08 Å². The molecule has 0 fully saturated rings. The summed E-state index contributed by atoms with van der Waals surface area (Å²) >= 11 is 0. The Labute approximate surface area is 214 Å². The van der Waals surface area contributed by atoms with Crippen LogP contribution in [0, 0.1) is 5.92 Å². The molecule has 0 unspecified atom stereocenters. The lowest BCUT2D eigenvalue weighted by molar-refractivity contribution is -0.159. The zero-order valence-corrected chi connectivity index (χ0v) is 21.0. The van der Waals surface area contributed by atoms with Crippen molar-refractivity contribution < 1.29 is 33.8 Å². The van der Waals surface area contributed by atoms with E-state index in [4.69, 9.17) is 21.3 Å². The molecule has 1 aromatic rings. The van der Waals surface area contributed by atoms with Gasteiger partial charge in [-0.15, -0.1) is 0 Å². The summed E-state index contributed by atoms with van der Waals surface area (Å²) in [5.74, 6) is -5.35. The minimum atomic E-state index is -1.43. The summed E-state index contributed by atoms with van der Waals surface area (Å²) in [6.45, 7) is 5.57. The summed E-state index contributed by atoms with van der Waals surface area (Å²) in [5.41, 5.74) is 11.8. The molecule has 3 atom stereocenters. The third-order valence-electron chi connectivity index (χ3n) is 5.10. The molecule has 202 valence electrons. The maximum Gasteiger partial charge on any atom is 0.338 e. The summed E-state index contributed by atoms with van der Waals surface area (Å²) in [6.07, 6.45) is 2.18. The van der Waals surface area contributed by atoms with Gasteiger partial charge in [0.15, 0.2) is 5.96 Å². The van der Waals surface area contributed by atoms with Gasteiger partial charge in [0.2, 0.25) is 11.8 Å². The van der Waals surface area contributed by atoms with Crippen molar-refractivity contribution in [3.05, 3.63) is 35.9 Å². The largest absolute Gasteiger partial charge is 0.481 e. The lowest BCUT2D eigenvalue weighted by Gasteiger charge is -2.25. The molecule has 0 aliphatic heterocycles. The smallest absolute Gasteiger partial charge is 0.338 e. The van der Waals surface area contributed by atoms with Crippen LogP contribution in [-0.2, 0) is 28.7 Å². The van der Waals surface area contributed by atoms with E-state index in [-0.39, 0.29) is 12.5 Å². The fourth-order valence-electron chi connectivity index (χ4n) is 2.96. The average Bonchev–Trinajstić information content (AvgIpc) is 2.83. The van der Waals surface area contributed by atoms with Crippen molar-refractivity contribution in [3.8, 4) is 0 Å². The van der Waals surface area contributed by atoms with Gasteiger partial charge in [0.1, 0.15) is 12.1 Å². The molecule has 13 nitrogen and oxygen atoms in total. The number of benzene rings is 1. The van der Waals surface area contributed by atoms with Gasteiger partial charge in [0.25, 0.3) is 0 Å². The van der Waals surface area contributed by atoms with E-state index < -0.39 is 54.1 Å². The summed E-state index contributed by atoms with van der Waals surface area (Å²) < 4.78 is 4.88. The first-order valence-electron chi connectivity index (χ1n) is 11.6. The standard InChI is InChI=1S/C24H34N6O7/c1-4-14(3)21(30-22(35)17(12-19(32)33)29-18(31)13-27-5-2)23(36)37-20(34)11-8-15-6-9-16(10-7-15)28-24(25)26/h6-11,14,17,21,27H,4-5,12-13H2,1-3H3,(H,29,31)(H,30,35)(H,32,33)(H4,25,26,28)/t14-,17-,21-/m0/s1. The van der Waals surface area contributed by atoms with Crippen molar-refractivity contribution in [1.29, 1.82) is 0 Å². The van der Waals surface area contributed by atoms with E-state index in [1.807, 2.05) is 0 Å². The number of hydrogen-bond donors (Lipinski definition) is 6. The molecule has 0 radical (unpaired) electrons. The second kappa shape index (κ2) is 15.7. The van der Waals surface area contributed by atoms with E-state index in [0.717, 1.165) is 6.08 Å². The van der Waals surface area contributed by atoms with Crippen molar-refractivity contribution in [1.82, 2.24) is 16.0 Å². The number of carboxylic acids is 1. The maximum atomic E-state index is 12.8. The minimum Gasteiger partial charge on any atom is -0.481 e. The summed E-state index contributed by atoms with van der Waals surface area (Å²) in [6, 6.07) is 3.84. The molecule has 8 N–H and O–H groups in total. The van der Waals surface area contributed by atoms with E-state index in [9.17, 15) is 24.0 Å². The third-order valence-corrected chi connectivity index (χ3v) is 5.10. The molecule has 0 saturated heterocycles. The highest BCUT2D eigenvalue weighted by molar-refractivity contribution is 5.98. The molecular weight excluding hydrogens is 484 g/mol. The van der Waals surface area contributed by atoms with Gasteiger partial charge >= 0.3 is 17.9 Å². The highest BCUT2D eigenvalue weighted by atomic mass is 16.6. The Hall–Kier alpha value is -4.26. The fraction of sp³-hybridized carbons (Fsp3) is 0.417. The molecule has 1 aromatic carbocycles. The number of aliphatic imine (C=N–C) groups is 1. The number of carboxylic acid groups (broad SMARTS) is 1. The van der Waals surface area contributed by atoms with Gasteiger partial charge in [-0.3, -0.25) is 14.4 Å². The number of nitrogens with one attached hydrogen (secondary N) is 3. The second-order valence-electron chi connectivity index (χ2n) is 8.07. The SMILES string of the molecule is CCNCC(=O)N[C@@H](CC(=O)O)C(=O)N[C@H](C(=O)OC(=O)C=Cc1ccc(N=C(N)N)cc1)[C@@H](C)CC. The predicted molar refractivity (Wildman–Crippen MR) is 136 cm³/mol. The Balaban J connectivity index is 2.89. The normalized spacial score (nSPS) is 13.2. The molecule has 0 bridgehead atoms. The fourth-order valence-corrected chi connectivity index (χ4v) is 2.96. The third kappa shape index (κ3) is 11.8. The van der Waals surface area contributed by atoms with Crippen LogP contribution in [0.5, 0.6) is 0 Å². The Bertz CT molecular complexity index is 1020. The van der Waals surface area contributed by atoms with E-state index in [1.165, 1.54) is 6.08 Å². The number of amides is 2. The van der Waals surface area contributed by atoms with Gasteiger partial charge in [-0.2, -0.15) is 0 Å². The number of hydrogen-bond acceptors (Lipinski definition) is 8. The van der Waals surface area contributed by atoms with Gasteiger partial charge in [0, 0.05) is 6.08 Å². The minimum absolute atomic E-state index is 0.0986. The summed E-state index contributed by atoms with van der Waals surface area (Å²) in [7, 11) is 0. The van der Waals surface area contributed by atoms with E-state index in [1.54, 1.807) is 45.0 Å². The first kappa shape index (κ1) is 30.8. The summed E-state index contributed by atoms with van der Waals surface area (Å²) in [4.78, 5) is 64.8. The number of likely N-dealkylation sites (N-methyl/N-ethyl adjacent to an activating group) is 1. The molecule has 0 heterocycles. The van der Waals surface area contributed by atoms with E-state index in [0.29, 0.717) is 24.2 Å². The van der Waals surface area contributed by atoms with E-state index in [2.05, 4.69) is 20.9 Å². The van der Waals surface area contributed by atoms with Crippen LogP contribution in [0.2, 0.25) is 0 Å². The Morgan fingerprint density at radius 2 is 1.73 bits per heavy atom. The van der Waals surface area contributed by atoms with Gasteiger partial charge < -0.3 is 37.3 Å². The molecule has 0 aliphatic carbocycles. The molecule has 1 rings (SSSR count). The topological polar surface area (TPSA) is 215 Å². The van der Waals surface area contributed by atoms with Crippen LogP contribution in [-0.4, -0.2) is 66.0 Å². The van der Waals surface area contributed by atoms with Crippen molar-refractivity contribution in [2.24, 2.45) is 22.4 Å². The second-order valence-corrected chi connectivity index (χ2v) is 8.07. The zero-order valence-electron chi connectivity index (χ0n) is 21.0. The van der Waals surface area contributed by atoms with Crippen molar-refractivity contribution in [3.63, 3.8) is 0 Å². The highest BCUT2D eigenvalue weighted by Gasteiger charge is 2.32. The van der Waals surface area contributed by atoms with Crippen molar-refractivity contribution in [2.45, 2.75) is 45.7 Å². The molecule has 13 heteroatoms. The number of nitrogens with two attached hydrogens (primary N) is 2. The summed E-state index contributed by atoms with van der Waals surface area (Å²) in [5, 5.41) is 16.6. The molecule has 0 saturated carbocycles. The van der Waals surface area contributed by atoms with Crippen LogP contribution in [0.1, 0.15) is 39.2 Å². The molecule has 2 amide bonds. The number of carbonyl (C=O) groups is 5. The van der Waals surface area contributed by atoms with Crippen molar-refractivity contribution in [2.75, 3.05) is 13.1 Å². The quantitative estimate of drug-likeness (QED) is 0.0625. The molecular formula is C24H34N6O7. The molecule has 0 aliphatic rings. The van der Waals surface area contributed by atoms with Crippen LogP contribution in [0.15, 0.2) is 35.3 Å². The first-order chi connectivity index (χ1) is 17.5. The number of aliphatic carboxylic acids is 1. The lowest BCUT2D eigenvalue weighted by Crippen LogP contribution is -2.55. The van der Waals surface area contributed by atoms with Gasteiger partial charge in [-0.25, -0.2) is 14.6 Å². The lowest BCUT2D eigenvalue weighted by atomic mass is 9.98. The monoisotopic (exact) mass is 518 g/mol. The number of ether oxygens (including phenoxy) is 1.